The van der Waals surface area contributed by atoms with E-state index in [0.29, 0.717) is 0 Å². The van der Waals surface area contributed by atoms with Gasteiger partial charge in [0.25, 0.3) is 0 Å². The molecule has 0 atom stereocenters. The van der Waals surface area contributed by atoms with Gasteiger partial charge in [0.2, 0.25) is 8.32 Å². The minimum Gasteiger partial charge on any atom is -0.437 e. The van der Waals surface area contributed by atoms with Crippen LogP contribution < -0.4 is 5.19 Å². The molecule has 0 N–H and O–H groups in total. The van der Waals surface area contributed by atoms with Crippen molar-refractivity contribution in [2.75, 3.05) is 0 Å². The summed E-state index contributed by atoms with van der Waals surface area (Å²) in [6.07, 6.45) is 1.91. The molecule has 0 unspecified atom stereocenters. The van der Waals surface area contributed by atoms with E-state index in [4.69, 9.17) is 24.7 Å². The van der Waals surface area contributed by atoms with E-state index in [1.807, 2.05) is 12.1 Å². The van der Waals surface area contributed by atoms with Crippen LogP contribution in [0.5, 0.6) is 0 Å². The predicted octanol–water partition coefficient (Wildman–Crippen LogP) is 7.19. The maximum atomic E-state index is 6.83. The van der Waals surface area contributed by atoms with E-state index < -0.39 is 59.4 Å². The Hall–Kier alpha value is 0.238. The number of hydrogen-bond donors (Lipinski definition) is 0. The van der Waals surface area contributed by atoms with Crippen LogP contribution in [-0.2, 0) is 24.7 Å². The van der Waals surface area contributed by atoms with Crippen LogP contribution in [0.4, 0.5) is 0 Å². The van der Waals surface area contributed by atoms with E-state index >= 15 is 0 Å². The second-order valence-electron chi connectivity index (χ2n) is 13.0. The van der Waals surface area contributed by atoms with E-state index in [2.05, 4.69) is 123 Å². The summed E-state index contributed by atoms with van der Waals surface area (Å²) < 4.78 is 39.9. The largest absolute Gasteiger partial charge is 0.437 e. The van der Waals surface area contributed by atoms with Crippen molar-refractivity contribution in [3.63, 3.8) is 0 Å². The molecule has 6 nitrogen and oxygen atoms in total. The van der Waals surface area contributed by atoms with Crippen LogP contribution in [0.3, 0.4) is 0 Å². The molecule has 1 aromatic rings. The van der Waals surface area contributed by atoms with Crippen LogP contribution in [0, 0.1) is 0 Å². The van der Waals surface area contributed by atoms with Crippen LogP contribution >= 0.6 is 0 Å². The fourth-order valence-corrected chi connectivity index (χ4v) is 39.4. The molecular formula is C23H52O6Si7. The van der Waals surface area contributed by atoms with Gasteiger partial charge in [0.05, 0.1) is 0 Å². The summed E-state index contributed by atoms with van der Waals surface area (Å²) in [5, 5.41) is 1.24. The first-order valence-electron chi connectivity index (χ1n) is 12.7. The fourth-order valence-electron chi connectivity index (χ4n) is 5.10. The molecule has 0 aliphatic heterocycles. The van der Waals surface area contributed by atoms with E-state index in [-0.39, 0.29) is 0 Å². The molecule has 208 valence electrons. The van der Waals surface area contributed by atoms with Crippen molar-refractivity contribution in [3.05, 3.63) is 36.4 Å². The third-order valence-electron chi connectivity index (χ3n) is 4.85. The molecule has 0 aromatic heterocycles. The zero-order chi connectivity index (χ0) is 28.4. The lowest BCUT2D eigenvalue weighted by molar-refractivity contribution is 0.272. The summed E-state index contributed by atoms with van der Waals surface area (Å²) in [5.41, 5.74) is 1.13. The molecule has 1 rings (SSSR count). The van der Waals surface area contributed by atoms with Crippen LogP contribution in [0.2, 0.25) is 98.2 Å². The minimum absolute atomic E-state index is 1.13. The van der Waals surface area contributed by atoms with Gasteiger partial charge in [-0.2, -0.15) is 0 Å². The summed E-state index contributed by atoms with van der Waals surface area (Å²) in [5.74, 6) is 0. The van der Waals surface area contributed by atoms with E-state index in [1.54, 1.807) is 0 Å². The van der Waals surface area contributed by atoms with Gasteiger partial charge in [0.1, 0.15) is 0 Å². The number of hydrogen-bond acceptors (Lipinski definition) is 6. The summed E-state index contributed by atoms with van der Waals surface area (Å²) in [4.78, 5) is 0. The Balaban J connectivity index is 2.94. The Kier molecular flexibility index (Phi) is 11.2. The van der Waals surface area contributed by atoms with Crippen LogP contribution in [0.25, 0.3) is 6.08 Å². The van der Waals surface area contributed by atoms with Crippen molar-refractivity contribution in [1.29, 1.82) is 0 Å². The third kappa shape index (κ3) is 12.4. The molecule has 0 heterocycles. The van der Waals surface area contributed by atoms with E-state index in [1.165, 1.54) is 5.19 Å². The molecule has 0 spiro atoms. The second-order valence-corrected chi connectivity index (χ2v) is 39.7. The molecule has 0 fully saturated rings. The van der Waals surface area contributed by atoms with Crippen molar-refractivity contribution >= 4 is 70.7 Å². The molecular weight excluding hydrogens is 569 g/mol. The molecule has 0 amide bonds. The Morgan fingerprint density at radius 2 is 0.833 bits per heavy atom. The summed E-state index contributed by atoms with van der Waals surface area (Å²) in [6, 6.07) is 8.35. The highest BCUT2D eigenvalue weighted by atomic mass is 28.5. The maximum absolute atomic E-state index is 6.83. The van der Waals surface area contributed by atoms with Gasteiger partial charge in [-0.3, -0.25) is 0 Å². The fraction of sp³-hybridized carbons (Fsp3) is 0.652. The molecule has 0 bridgehead atoms. The van der Waals surface area contributed by atoms with E-state index in [9.17, 15) is 0 Å². The van der Waals surface area contributed by atoms with Gasteiger partial charge < -0.3 is 24.7 Å². The second kappa shape index (κ2) is 11.8. The predicted molar refractivity (Wildman–Crippen MR) is 171 cm³/mol. The molecule has 36 heavy (non-hydrogen) atoms. The Morgan fingerprint density at radius 3 is 1.19 bits per heavy atom. The highest BCUT2D eigenvalue weighted by Gasteiger charge is 2.48. The van der Waals surface area contributed by atoms with Crippen molar-refractivity contribution in [1.82, 2.24) is 0 Å². The van der Waals surface area contributed by atoms with Crippen LogP contribution in [0.1, 0.15) is 5.56 Å². The zero-order valence-electron chi connectivity index (χ0n) is 25.5. The summed E-state index contributed by atoms with van der Waals surface area (Å²) >= 11 is 0. The Labute approximate surface area is 229 Å². The molecule has 0 saturated carbocycles. The molecule has 0 aliphatic rings. The van der Waals surface area contributed by atoms with Crippen molar-refractivity contribution in [2.24, 2.45) is 0 Å². The van der Waals surface area contributed by atoms with Gasteiger partial charge in [-0.25, -0.2) is 0 Å². The smallest absolute Gasteiger partial charge is 0.314 e. The normalized spacial score (nSPS) is 14.8. The van der Waals surface area contributed by atoms with E-state index in [0.717, 1.165) is 5.56 Å². The van der Waals surface area contributed by atoms with Crippen molar-refractivity contribution in [3.8, 4) is 0 Å². The highest BCUT2D eigenvalue weighted by molar-refractivity contribution is 6.94. The van der Waals surface area contributed by atoms with Gasteiger partial charge in [0.15, 0.2) is 8.32 Å². The SMILES string of the molecule is C=Cc1ccccc1[Si](C)(C)O[Si](C)(C)O[Si](C)(C)O[Si](C)(C)O[Si](C)(C)O[Si](C)(C)O[Si](C)(C)C. The van der Waals surface area contributed by atoms with Gasteiger partial charge >= 0.3 is 42.8 Å². The van der Waals surface area contributed by atoms with Gasteiger partial charge in [-0.1, -0.05) is 36.9 Å². The Morgan fingerprint density at radius 1 is 0.500 bits per heavy atom. The third-order valence-corrected chi connectivity index (χ3v) is 30.8. The lowest BCUT2D eigenvalue weighted by atomic mass is 10.2. The van der Waals surface area contributed by atoms with Gasteiger partial charge in [0, 0.05) is 0 Å². The van der Waals surface area contributed by atoms with Gasteiger partial charge in [-0.05, 0) is 109 Å². The summed E-state index contributed by atoms with van der Waals surface area (Å²) in [7, 11) is -16.4. The number of benzene rings is 1. The van der Waals surface area contributed by atoms with Crippen molar-refractivity contribution in [2.45, 2.75) is 98.2 Å². The summed E-state index contributed by atoms with van der Waals surface area (Å²) in [6.45, 7) is 36.0. The average Bonchev–Trinajstić information content (AvgIpc) is 2.53. The topological polar surface area (TPSA) is 55.4 Å². The van der Waals surface area contributed by atoms with Gasteiger partial charge in [-0.15, -0.1) is 0 Å². The molecule has 0 saturated heterocycles. The molecule has 13 heteroatoms. The Bertz CT molecular complexity index is 895. The highest BCUT2D eigenvalue weighted by Crippen LogP contribution is 2.28. The standard InChI is InChI=1S/C23H52O6Si7/c1-17-22-20-18-19-21-23(22)31(5,6)25-33(9,10)27-35(13,14)29-36(15,16)28-34(11,12)26-32(7,8)24-30(2,3)4/h17-21H,1H2,2-16H3. The molecule has 0 aliphatic carbocycles. The van der Waals surface area contributed by atoms with Crippen LogP contribution in [0.15, 0.2) is 30.8 Å². The first-order chi connectivity index (χ1) is 15.8. The monoisotopic (exact) mass is 620 g/mol. The molecule has 0 radical (unpaired) electrons. The quantitative estimate of drug-likeness (QED) is 0.205. The molecule has 1 aromatic carbocycles. The van der Waals surface area contributed by atoms with Crippen molar-refractivity contribution < 1.29 is 24.7 Å². The maximum Gasteiger partial charge on any atom is 0.314 e. The first kappa shape index (κ1) is 34.3. The minimum atomic E-state index is -2.56. The van der Waals surface area contributed by atoms with Crippen LogP contribution in [-0.4, -0.2) is 59.4 Å². The average molecular weight is 621 g/mol. The number of rotatable bonds is 14. The lowest BCUT2D eigenvalue weighted by Gasteiger charge is -2.43. The lowest BCUT2D eigenvalue weighted by Crippen LogP contribution is -2.61. The first-order valence-corrected chi connectivity index (χ1v) is 33.1. The zero-order valence-corrected chi connectivity index (χ0v) is 32.5.